The van der Waals surface area contributed by atoms with Gasteiger partial charge in [-0.15, -0.1) is 11.3 Å². The van der Waals surface area contributed by atoms with Crippen molar-refractivity contribution in [1.82, 2.24) is 4.98 Å². The molecule has 21 heavy (non-hydrogen) atoms. The average Bonchev–Trinajstić information content (AvgIpc) is 2.95. The van der Waals surface area contributed by atoms with E-state index in [1.165, 1.54) is 16.9 Å². The van der Waals surface area contributed by atoms with E-state index in [0.29, 0.717) is 5.13 Å². The van der Waals surface area contributed by atoms with Crippen molar-refractivity contribution < 1.29 is 4.79 Å². The van der Waals surface area contributed by atoms with Crippen molar-refractivity contribution in [2.75, 3.05) is 11.1 Å². The van der Waals surface area contributed by atoms with Crippen LogP contribution in [-0.4, -0.2) is 10.9 Å². The first-order valence-corrected chi connectivity index (χ1v) is 8.07. The lowest BCUT2D eigenvalue weighted by molar-refractivity contribution is -0.117. The minimum atomic E-state index is -0.0541. The lowest BCUT2D eigenvalue weighted by Gasteiger charge is -2.11. The van der Waals surface area contributed by atoms with Gasteiger partial charge < -0.3 is 11.1 Å². The Bertz CT molecular complexity index is 721. The molecule has 0 spiro atoms. The van der Waals surface area contributed by atoms with Crippen LogP contribution < -0.4 is 11.1 Å². The van der Waals surface area contributed by atoms with Gasteiger partial charge >= 0.3 is 0 Å². The maximum absolute atomic E-state index is 12.2. The number of nitrogen functional groups attached to an aromatic ring is 1. The maximum atomic E-state index is 12.2. The third kappa shape index (κ3) is 2.21. The number of rotatable bonds is 3. The maximum Gasteiger partial charge on any atom is 0.232 e. The standard InChI is InChI=1S/C16H19N3OS/c1-4-9-6-11-10(5-2)15(20)18-14(11)12(7-9)13-8(3)21-16(17)19-13/h6-7,10H,4-5H2,1-3H3,(H2,17,19)(H,18,20). The number of aromatic nitrogens is 1. The molecule has 0 fully saturated rings. The Balaban J connectivity index is 2.25. The van der Waals surface area contributed by atoms with Gasteiger partial charge in [-0.3, -0.25) is 4.79 Å². The summed E-state index contributed by atoms with van der Waals surface area (Å²) < 4.78 is 0. The molecule has 1 atom stereocenters. The van der Waals surface area contributed by atoms with Crippen molar-refractivity contribution in [3.05, 3.63) is 28.1 Å². The Morgan fingerprint density at radius 2 is 2.14 bits per heavy atom. The predicted molar refractivity (Wildman–Crippen MR) is 87.7 cm³/mol. The van der Waals surface area contributed by atoms with E-state index in [4.69, 9.17) is 5.73 Å². The second kappa shape index (κ2) is 5.15. The summed E-state index contributed by atoms with van der Waals surface area (Å²) in [5, 5.41) is 3.60. The fourth-order valence-corrected chi connectivity index (χ4v) is 3.66. The zero-order valence-corrected chi connectivity index (χ0v) is 13.3. The zero-order chi connectivity index (χ0) is 15.1. The summed E-state index contributed by atoms with van der Waals surface area (Å²) in [5.41, 5.74) is 11.0. The van der Waals surface area contributed by atoms with Crippen LogP contribution in [0.25, 0.3) is 11.3 Å². The second-order valence-electron chi connectivity index (χ2n) is 5.37. The minimum Gasteiger partial charge on any atom is -0.375 e. The zero-order valence-electron chi connectivity index (χ0n) is 12.5. The molecule has 3 N–H and O–H groups in total. The Morgan fingerprint density at radius 1 is 1.38 bits per heavy atom. The fraction of sp³-hybridized carbons (Fsp3) is 0.375. The minimum absolute atomic E-state index is 0.0541. The van der Waals surface area contributed by atoms with Crippen LogP contribution in [0, 0.1) is 6.92 Å². The molecule has 0 saturated heterocycles. The number of hydrogen-bond donors (Lipinski definition) is 2. The lowest BCUT2D eigenvalue weighted by atomic mass is 9.92. The lowest BCUT2D eigenvalue weighted by Crippen LogP contribution is -2.10. The number of fused-ring (bicyclic) bond motifs is 1. The number of anilines is 2. The van der Waals surface area contributed by atoms with E-state index in [9.17, 15) is 4.79 Å². The SMILES string of the molecule is CCc1cc(-c2nc(N)sc2C)c2c(c1)C(CC)C(=O)N2. The molecule has 0 aliphatic carbocycles. The van der Waals surface area contributed by atoms with Crippen LogP contribution >= 0.6 is 11.3 Å². The molecule has 1 amide bonds. The average molecular weight is 301 g/mol. The highest BCUT2D eigenvalue weighted by molar-refractivity contribution is 7.15. The third-order valence-corrected chi connectivity index (χ3v) is 4.85. The summed E-state index contributed by atoms with van der Waals surface area (Å²) in [6.45, 7) is 6.19. The molecule has 5 heteroatoms. The van der Waals surface area contributed by atoms with E-state index in [0.717, 1.165) is 40.2 Å². The number of amides is 1. The molecular formula is C16H19N3OS. The molecular weight excluding hydrogens is 282 g/mol. The van der Waals surface area contributed by atoms with E-state index >= 15 is 0 Å². The van der Waals surface area contributed by atoms with Gasteiger partial charge in [0.2, 0.25) is 5.91 Å². The molecule has 4 nitrogen and oxygen atoms in total. The van der Waals surface area contributed by atoms with Crippen LogP contribution in [-0.2, 0) is 11.2 Å². The van der Waals surface area contributed by atoms with Gasteiger partial charge in [-0.1, -0.05) is 19.9 Å². The summed E-state index contributed by atoms with van der Waals surface area (Å²) in [7, 11) is 0. The molecule has 1 aromatic carbocycles. The first-order chi connectivity index (χ1) is 10.0. The number of hydrogen-bond acceptors (Lipinski definition) is 4. The molecule has 0 bridgehead atoms. The van der Waals surface area contributed by atoms with Crippen molar-refractivity contribution in [2.45, 2.75) is 39.5 Å². The van der Waals surface area contributed by atoms with E-state index in [1.54, 1.807) is 0 Å². The van der Waals surface area contributed by atoms with Gasteiger partial charge in [0.05, 0.1) is 17.3 Å². The van der Waals surface area contributed by atoms with Crippen LogP contribution in [0.5, 0.6) is 0 Å². The van der Waals surface area contributed by atoms with Gasteiger partial charge in [-0.25, -0.2) is 4.98 Å². The van der Waals surface area contributed by atoms with Crippen molar-refractivity contribution in [3.8, 4) is 11.3 Å². The highest BCUT2D eigenvalue weighted by atomic mass is 32.1. The highest BCUT2D eigenvalue weighted by Gasteiger charge is 2.32. The molecule has 1 aliphatic heterocycles. The second-order valence-corrected chi connectivity index (χ2v) is 6.60. The first-order valence-electron chi connectivity index (χ1n) is 7.26. The van der Waals surface area contributed by atoms with Crippen molar-refractivity contribution in [2.24, 2.45) is 0 Å². The smallest absolute Gasteiger partial charge is 0.232 e. The van der Waals surface area contributed by atoms with Gasteiger partial charge in [0.1, 0.15) is 0 Å². The monoisotopic (exact) mass is 301 g/mol. The summed E-state index contributed by atoms with van der Waals surface area (Å²) in [4.78, 5) is 17.7. The Hall–Kier alpha value is -1.88. The molecule has 1 aromatic heterocycles. The van der Waals surface area contributed by atoms with E-state index < -0.39 is 0 Å². The summed E-state index contributed by atoms with van der Waals surface area (Å²) >= 11 is 1.48. The number of aryl methyl sites for hydroxylation is 2. The summed E-state index contributed by atoms with van der Waals surface area (Å²) in [5.74, 6) is 0.0318. The number of benzene rings is 1. The molecule has 110 valence electrons. The Morgan fingerprint density at radius 3 is 2.71 bits per heavy atom. The number of nitrogens with one attached hydrogen (secondary N) is 1. The van der Waals surface area contributed by atoms with Crippen molar-refractivity contribution >= 4 is 28.1 Å². The highest BCUT2D eigenvalue weighted by Crippen LogP contribution is 2.43. The number of nitrogens with zero attached hydrogens (tertiary/aromatic N) is 1. The van der Waals surface area contributed by atoms with E-state index in [-0.39, 0.29) is 11.8 Å². The fourth-order valence-electron chi connectivity index (χ4n) is 2.96. The molecule has 2 heterocycles. The van der Waals surface area contributed by atoms with Gasteiger partial charge in [0.25, 0.3) is 0 Å². The van der Waals surface area contributed by atoms with Gasteiger partial charge in [0, 0.05) is 10.4 Å². The quantitative estimate of drug-likeness (QED) is 0.908. The third-order valence-electron chi connectivity index (χ3n) is 4.05. The number of nitrogens with two attached hydrogens (primary N) is 1. The normalized spacial score (nSPS) is 16.9. The Labute approximate surface area is 128 Å². The van der Waals surface area contributed by atoms with E-state index in [1.807, 2.05) is 13.8 Å². The van der Waals surface area contributed by atoms with Crippen molar-refractivity contribution in [3.63, 3.8) is 0 Å². The molecule has 0 radical (unpaired) electrons. The summed E-state index contributed by atoms with van der Waals surface area (Å²) in [6, 6.07) is 4.27. The number of carbonyl (C=O) groups is 1. The molecule has 2 aromatic rings. The van der Waals surface area contributed by atoms with Crippen LogP contribution in [0.4, 0.5) is 10.8 Å². The van der Waals surface area contributed by atoms with Crippen molar-refractivity contribution in [1.29, 1.82) is 0 Å². The van der Waals surface area contributed by atoms with E-state index in [2.05, 4.69) is 29.4 Å². The largest absolute Gasteiger partial charge is 0.375 e. The van der Waals surface area contributed by atoms with Crippen LogP contribution in [0.15, 0.2) is 12.1 Å². The topological polar surface area (TPSA) is 68.0 Å². The van der Waals surface area contributed by atoms with Crippen LogP contribution in [0.2, 0.25) is 0 Å². The first kappa shape index (κ1) is 14.1. The predicted octanol–water partition coefficient (Wildman–Crippen LogP) is 3.71. The number of carbonyl (C=O) groups excluding carboxylic acids is 1. The van der Waals surface area contributed by atoms with Gasteiger partial charge in [-0.05, 0) is 37.0 Å². The van der Waals surface area contributed by atoms with Crippen LogP contribution in [0.3, 0.4) is 0 Å². The number of thiazole rings is 1. The van der Waals surface area contributed by atoms with Gasteiger partial charge in [0.15, 0.2) is 5.13 Å². The molecule has 3 rings (SSSR count). The molecule has 0 saturated carbocycles. The Kier molecular flexibility index (Phi) is 3.45. The summed E-state index contributed by atoms with van der Waals surface area (Å²) in [6.07, 6.45) is 1.74. The molecule has 1 aliphatic rings. The van der Waals surface area contributed by atoms with Gasteiger partial charge in [-0.2, -0.15) is 0 Å². The molecule has 1 unspecified atom stereocenters. The van der Waals surface area contributed by atoms with Crippen LogP contribution in [0.1, 0.15) is 42.2 Å².